The van der Waals surface area contributed by atoms with Gasteiger partial charge in [0.2, 0.25) is 0 Å². The Bertz CT molecular complexity index is 712. The van der Waals surface area contributed by atoms with E-state index in [1.165, 1.54) is 11.8 Å². The Morgan fingerprint density at radius 2 is 1.83 bits per heavy atom. The number of pyridine rings is 1. The second kappa shape index (κ2) is 7.97. The first-order chi connectivity index (χ1) is 11.3. The summed E-state index contributed by atoms with van der Waals surface area (Å²) in [6.45, 7) is 5.16. The molecule has 0 bridgehead atoms. The number of aromatic nitrogens is 1. The zero-order valence-electron chi connectivity index (χ0n) is 13.9. The monoisotopic (exact) mass is 344 g/mol. The standard InChI is InChI=1S/C18H20N2O3S/c1-18(2,3)23-15(21)12-20-16(22)14-10-7-11-19-17(14)24-13-8-5-4-6-9-13/h4-11H,12H2,1-3H3,(H,20,22). The molecule has 126 valence electrons. The minimum absolute atomic E-state index is 0.180. The lowest BCUT2D eigenvalue weighted by atomic mass is 10.2. The maximum Gasteiger partial charge on any atom is 0.325 e. The van der Waals surface area contributed by atoms with Crippen molar-refractivity contribution in [2.45, 2.75) is 36.3 Å². The fourth-order valence-electron chi connectivity index (χ4n) is 1.87. The summed E-state index contributed by atoms with van der Waals surface area (Å²) in [5.74, 6) is -0.829. The van der Waals surface area contributed by atoms with Crippen molar-refractivity contribution in [2.75, 3.05) is 6.54 Å². The van der Waals surface area contributed by atoms with Gasteiger partial charge >= 0.3 is 5.97 Å². The molecule has 0 saturated heterocycles. The number of nitrogens with one attached hydrogen (secondary N) is 1. The van der Waals surface area contributed by atoms with E-state index < -0.39 is 11.6 Å². The molecule has 0 radical (unpaired) electrons. The van der Waals surface area contributed by atoms with Gasteiger partial charge in [0.05, 0.1) is 5.56 Å². The molecule has 24 heavy (non-hydrogen) atoms. The van der Waals surface area contributed by atoms with Crippen molar-refractivity contribution in [2.24, 2.45) is 0 Å². The summed E-state index contributed by atoms with van der Waals surface area (Å²) in [6, 6.07) is 13.0. The number of nitrogens with zero attached hydrogens (tertiary/aromatic N) is 1. The van der Waals surface area contributed by atoms with Gasteiger partial charge in [0, 0.05) is 11.1 Å². The van der Waals surface area contributed by atoms with Crippen LogP contribution >= 0.6 is 11.8 Å². The first kappa shape index (κ1) is 18.0. The van der Waals surface area contributed by atoms with E-state index in [9.17, 15) is 9.59 Å². The van der Waals surface area contributed by atoms with E-state index in [1.807, 2.05) is 30.3 Å². The van der Waals surface area contributed by atoms with Crippen LogP contribution < -0.4 is 5.32 Å². The minimum atomic E-state index is -0.579. The van der Waals surface area contributed by atoms with E-state index in [4.69, 9.17) is 4.74 Å². The summed E-state index contributed by atoms with van der Waals surface area (Å²) < 4.78 is 5.18. The van der Waals surface area contributed by atoms with Crippen molar-refractivity contribution in [1.82, 2.24) is 10.3 Å². The van der Waals surface area contributed by atoms with Crippen LogP contribution in [0.3, 0.4) is 0 Å². The van der Waals surface area contributed by atoms with Crippen LogP contribution in [-0.4, -0.2) is 29.0 Å². The third kappa shape index (κ3) is 5.70. The van der Waals surface area contributed by atoms with Crippen molar-refractivity contribution in [1.29, 1.82) is 0 Å². The smallest absolute Gasteiger partial charge is 0.325 e. The largest absolute Gasteiger partial charge is 0.459 e. The molecular weight excluding hydrogens is 324 g/mol. The van der Waals surface area contributed by atoms with Crippen molar-refractivity contribution in [3.05, 3.63) is 54.2 Å². The molecule has 1 aromatic carbocycles. The third-order valence-corrected chi connectivity index (χ3v) is 3.81. The molecule has 0 aliphatic carbocycles. The Kier molecular flexibility index (Phi) is 5.98. The molecule has 1 amide bonds. The first-order valence-electron chi connectivity index (χ1n) is 7.53. The van der Waals surface area contributed by atoms with Crippen LogP contribution in [0, 0.1) is 0 Å². The average Bonchev–Trinajstić information content (AvgIpc) is 2.52. The maximum absolute atomic E-state index is 12.4. The molecule has 0 saturated carbocycles. The van der Waals surface area contributed by atoms with E-state index >= 15 is 0 Å². The van der Waals surface area contributed by atoms with Gasteiger partial charge in [0.15, 0.2) is 0 Å². The summed E-state index contributed by atoms with van der Waals surface area (Å²) in [5, 5.41) is 3.17. The summed E-state index contributed by atoms with van der Waals surface area (Å²) >= 11 is 1.40. The van der Waals surface area contributed by atoms with Gasteiger partial charge in [-0.15, -0.1) is 0 Å². The normalized spacial score (nSPS) is 11.0. The van der Waals surface area contributed by atoms with E-state index in [2.05, 4.69) is 10.3 Å². The Balaban J connectivity index is 2.03. The van der Waals surface area contributed by atoms with E-state index in [0.29, 0.717) is 10.6 Å². The lowest BCUT2D eigenvalue weighted by Gasteiger charge is -2.19. The molecule has 2 aromatic rings. The molecule has 2 rings (SSSR count). The van der Waals surface area contributed by atoms with Crippen molar-refractivity contribution in [3.8, 4) is 0 Å². The van der Waals surface area contributed by atoms with Crippen LogP contribution in [0.1, 0.15) is 31.1 Å². The summed E-state index contributed by atoms with van der Waals surface area (Å²) in [4.78, 5) is 29.3. The molecular formula is C18H20N2O3S. The lowest BCUT2D eigenvalue weighted by molar-refractivity contribution is -0.153. The Morgan fingerprint density at radius 1 is 1.12 bits per heavy atom. The zero-order chi connectivity index (χ0) is 17.6. The van der Waals surface area contributed by atoms with Crippen LogP contribution in [0.2, 0.25) is 0 Å². The highest BCUT2D eigenvalue weighted by Crippen LogP contribution is 2.28. The van der Waals surface area contributed by atoms with Crippen LogP contribution in [0.25, 0.3) is 0 Å². The Labute approximate surface area is 145 Å². The number of amides is 1. The number of ether oxygens (including phenoxy) is 1. The van der Waals surface area contributed by atoms with Crippen LogP contribution in [0.4, 0.5) is 0 Å². The van der Waals surface area contributed by atoms with Crippen molar-refractivity contribution >= 4 is 23.6 Å². The number of hydrogen-bond donors (Lipinski definition) is 1. The van der Waals surface area contributed by atoms with E-state index in [-0.39, 0.29) is 12.5 Å². The van der Waals surface area contributed by atoms with Gasteiger partial charge < -0.3 is 10.1 Å². The zero-order valence-corrected chi connectivity index (χ0v) is 14.7. The highest BCUT2D eigenvalue weighted by molar-refractivity contribution is 7.99. The van der Waals surface area contributed by atoms with Gasteiger partial charge in [0.1, 0.15) is 17.2 Å². The van der Waals surface area contributed by atoms with Crippen LogP contribution in [-0.2, 0) is 9.53 Å². The molecule has 1 heterocycles. The molecule has 0 atom stereocenters. The van der Waals surface area contributed by atoms with Crippen molar-refractivity contribution in [3.63, 3.8) is 0 Å². The fraction of sp³-hybridized carbons (Fsp3) is 0.278. The van der Waals surface area contributed by atoms with Gasteiger partial charge in [-0.2, -0.15) is 0 Å². The second-order valence-electron chi connectivity index (χ2n) is 6.04. The highest BCUT2D eigenvalue weighted by atomic mass is 32.2. The third-order valence-electron chi connectivity index (χ3n) is 2.79. The van der Waals surface area contributed by atoms with Gasteiger partial charge in [-0.05, 0) is 45.0 Å². The number of carbonyl (C=O) groups is 2. The molecule has 0 aliphatic rings. The molecule has 0 unspecified atom stereocenters. The number of rotatable bonds is 5. The number of benzene rings is 1. The van der Waals surface area contributed by atoms with Gasteiger partial charge in [0.25, 0.3) is 5.91 Å². The molecule has 0 aliphatic heterocycles. The first-order valence-corrected chi connectivity index (χ1v) is 8.35. The Hall–Kier alpha value is -2.34. The van der Waals surface area contributed by atoms with E-state index in [0.717, 1.165) is 4.90 Å². The minimum Gasteiger partial charge on any atom is -0.459 e. The average molecular weight is 344 g/mol. The van der Waals surface area contributed by atoms with Gasteiger partial charge in [-0.3, -0.25) is 9.59 Å². The number of esters is 1. The van der Waals surface area contributed by atoms with Gasteiger partial charge in [-0.1, -0.05) is 30.0 Å². The molecule has 1 N–H and O–H groups in total. The predicted molar refractivity (Wildman–Crippen MR) is 93.0 cm³/mol. The fourth-order valence-corrected chi connectivity index (χ4v) is 2.77. The number of hydrogen-bond acceptors (Lipinski definition) is 5. The topological polar surface area (TPSA) is 68.3 Å². The van der Waals surface area contributed by atoms with E-state index in [1.54, 1.807) is 39.1 Å². The summed E-state index contributed by atoms with van der Waals surface area (Å²) in [5.41, 5.74) is -0.153. The SMILES string of the molecule is CC(C)(C)OC(=O)CNC(=O)c1cccnc1Sc1ccccc1. The molecule has 5 nitrogen and oxygen atoms in total. The summed E-state index contributed by atoms with van der Waals surface area (Å²) in [6.07, 6.45) is 1.63. The molecule has 0 fully saturated rings. The molecule has 0 spiro atoms. The van der Waals surface area contributed by atoms with Gasteiger partial charge in [-0.25, -0.2) is 4.98 Å². The lowest BCUT2D eigenvalue weighted by Crippen LogP contribution is -2.34. The number of carbonyl (C=O) groups excluding carboxylic acids is 2. The maximum atomic E-state index is 12.4. The predicted octanol–water partition coefficient (Wildman–Crippen LogP) is 3.30. The molecule has 6 heteroatoms. The highest BCUT2D eigenvalue weighted by Gasteiger charge is 2.18. The van der Waals surface area contributed by atoms with Crippen LogP contribution in [0.15, 0.2) is 58.6 Å². The van der Waals surface area contributed by atoms with Crippen molar-refractivity contribution < 1.29 is 14.3 Å². The van der Waals surface area contributed by atoms with Crippen LogP contribution in [0.5, 0.6) is 0 Å². The second-order valence-corrected chi connectivity index (χ2v) is 7.10. The Morgan fingerprint density at radius 3 is 2.50 bits per heavy atom. The summed E-state index contributed by atoms with van der Waals surface area (Å²) in [7, 11) is 0. The quantitative estimate of drug-likeness (QED) is 0.843. The molecule has 1 aromatic heterocycles.